The number of nitrogens with one attached hydrogen (secondary N) is 2. The maximum absolute atomic E-state index is 12.0. The topological polar surface area (TPSA) is 67.0 Å². The second kappa shape index (κ2) is 6.10. The van der Waals surface area contributed by atoms with E-state index in [0.29, 0.717) is 12.5 Å². The van der Waals surface area contributed by atoms with E-state index in [2.05, 4.69) is 15.3 Å². The van der Waals surface area contributed by atoms with E-state index in [1.807, 2.05) is 24.3 Å². The molecule has 0 radical (unpaired) electrons. The Morgan fingerprint density at radius 2 is 2.19 bits per heavy atom. The first-order chi connectivity index (χ1) is 10.2. The van der Waals surface area contributed by atoms with Gasteiger partial charge in [-0.3, -0.25) is 4.79 Å². The second-order valence-electron chi connectivity index (χ2n) is 5.42. The number of carbonyl (C=O) groups excluding carboxylic acids is 1. The van der Waals surface area contributed by atoms with E-state index in [9.17, 15) is 4.79 Å². The third-order valence-electron chi connectivity index (χ3n) is 3.57. The molecule has 21 heavy (non-hydrogen) atoms. The van der Waals surface area contributed by atoms with Gasteiger partial charge in [0.05, 0.1) is 6.61 Å². The first-order valence-electron chi connectivity index (χ1n) is 7.24. The van der Waals surface area contributed by atoms with Gasteiger partial charge < -0.3 is 15.0 Å². The van der Waals surface area contributed by atoms with E-state index in [4.69, 9.17) is 4.74 Å². The molecule has 1 aromatic heterocycles. The van der Waals surface area contributed by atoms with Crippen LogP contribution in [-0.2, 0) is 9.53 Å². The maximum Gasteiger partial charge on any atom is 0.253 e. The molecule has 1 saturated carbocycles. The quantitative estimate of drug-likeness (QED) is 0.857. The first kappa shape index (κ1) is 13.8. The van der Waals surface area contributed by atoms with Crippen molar-refractivity contribution in [3.63, 3.8) is 0 Å². The molecule has 3 rings (SSSR count). The molecule has 0 spiro atoms. The fraction of sp³-hybridized carbons (Fsp3) is 0.375. The molecule has 1 aromatic carbocycles. The standard InChI is InChI=1S/C16H19N3O2/c1-11(21-10-12-2-3-12)16(20)19-14-6-4-13(5-7-14)15-17-8-9-18-15/h4-9,11-12H,2-3,10H2,1H3,(H,17,18)(H,19,20). The van der Waals surface area contributed by atoms with Gasteiger partial charge in [-0.1, -0.05) is 0 Å². The Balaban J connectivity index is 1.55. The summed E-state index contributed by atoms with van der Waals surface area (Å²) in [6.07, 6.45) is 5.52. The van der Waals surface area contributed by atoms with E-state index in [-0.39, 0.29) is 5.91 Å². The van der Waals surface area contributed by atoms with Crippen LogP contribution >= 0.6 is 0 Å². The summed E-state index contributed by atoms with van der Waals surface area (Å²) in [4.78, 5) is 19.2. The average Bonchev–Trinajstić information content (AvgIpc) is 3.17. The molecule has 5 heteroatoms. The molecule has 2 aromatic rings. The van der Waals surface area contributed by atoms with Gasteiger partial charge in [0.15, 0.2) is 0 Å². The first-order valence-corrected chi connectivity index (χ1v) is 7.24. The third-order valence-corrected chi connectivity index (χ3v) is 3.57. The summed E-state index contributed by atoms with van der Waals surface area (Å²) >= 11 is 0. The zero-order chi connectivity index (χ0) is 14.7. The molecule has 5 nitrogen and oxygen atoms in total. The SMILES string of the molecule is CC(OCC1CC1)C(=O)Nc1ccc(-c2ncc[nH]2)cc1. The summed E-state index contributed by atoms with van der Waals surface area (Å²) in [7, 11) is 0. The Morgan fingerprint density at radius 1 is 1.43 bits per heavy atom. The molecule has 1 unspecified atom stereocenters. The van der Waals surface area contributed by atoms with Crippen molar-refractivity contribution >= 4 is 11.6 Å². The fourth-order valence-electron chi connectivity index (χ4n) is 2.02. The summed E-state index contributed by atoms with van der Waals surface area (Å²) in [5, 5.41) is 2.86. The van der Waals surface area contributed by atoms with Crippen LogP contribution in [0.25, 0.3) is 11.4 Å². The van der Waals surface area contributed by atoms with Gasteiger partial charge in [-0.2, -0.15) is 0 Å². The molecule has 110 valence electrons. The van der Waals surface area contributed by atoms with Crippen LogP contribution in [0.5, 0.6) is 0 Å². The number of hydrogen-bond donors (Lipinski definition) is 2. The van der Waals surface area contributed by atoms with Gasteiger partial charge in [-0.05, 0) is 49.9 Å². The summed E-state index contributed by atoms with van der Waals surface area (Å²) in [6.45, 7) is 2.47. The molecule has 1 aliphatic carbocycles. The number of aromatic nitrogens is 2. The van der Waals surface area contributed by atoms with Crippen LogP contribution in [0.15, 0.2) is 36.7 Å². The van der Waals surface area contributed by atoms with E-state index in [1.54, 1.807) is 19.3 Å². The monoisotopic (exact) mass is 285 g/mol. The number of benzene rings is 1. The molecule has 1 fully saturated rings. The van der Waals surface area contributed by atoms with E-state index in [1.165, 1.54) is 12.8 Å². The minimum Gasteiger partial charge on any atom is -0.368 e. The molecular weight excluding hydrogens is 266 g/mol. The number of aromatic amines is 1. The Bertz CT molecular complexity index is 588. The molecular formula is C16H19N3O2. The highest BCUT2D eigenvalue weighted by Gasteiger charge is 2.24. The number of anilines is 1. The Morgan fingerprint density at radius 3 is 2.81 bits per heavy atom. The molecule has 1 aliphatic rings. The molecule has 0 aliphatic heterocycles. The van der Waals surface area contributed by atoms with Gasteiger partial charge in [0, 0.05) is 23.6 Å². The normalized spacial score (nSPS) is 15.7. The van der Waals surface area contributed by atoms with Crippen LogP contribution in [-0.4, -0.2) is 28.6 Å². The predicted octanol–water partition coefficient (Wildman–Crippen LogP) is 2.83. The molecule has 1 atom stereocenters. The molecule has 0 bridgehead atoms. The molecule has 1 heterocycles. The van der Waals surface area contributed by atoms with Crippen molar-refractivity contribution in [2.45, 2.75) is 25.9 Å². The number of amides is 1. The van der Waals surface area contributed by atoms with Crippen molar-refractivity contribution in [2.24, 2.45) is 5.92 Å². The minimum atomic E-state index is -0.421. The lowest BCUT2D eigenvalue weighted by Crippen LogP contribution is -2.28. The van der Waals surface area contributed by atoms with E-state index >= 15 is 0 Å². The number of rotatable bonds is 6. The number of ether oxygens (including phenoxy) is 1. The predicted molar refractivity (Wildman–Crippen MR) is 80.8 cm³/mol. The number of carbonyl (C=O) groups is 1. The van der Waals surface area contributed by atoms with Crippen molar-refractivity contribution in [3.05, 3.63) is 36.7 Å². The van der Waals surface area contributed by atoms with Gasteiger partial charge in [0.2, 0.25) is 0 Å². The second-order valence-corrected chi connectivity index (χ2v) is 5.42. The van der Waals surface area contributed by atoms with Crippen molar-refractivity contribution < 1.29 is 9.53 Å². The lowest BCUT2D eigenvalue weighted by atomic mass is 10.2. The van der Waals surface area contributed by atoms with Crippen molar-refractivity contribution in [2.75, 3.05) is 11.9 Å². The van der Waals surface area contributed by atoms with Crippen molar-refractivity contribution in [1.29, 1.82) is 0 Å². The van der Waals surface area contributed by atoms with Crippen LogP contribution in [0.2, 0.25) is 0 Å². The molecule has 2 N–H and O–H groups in total. The Labute approximate surface area is 123 Å². The summed E-state index contributed by atoms with van der Waals surface area (Å²) in [6, 6.07) is 7.57. The summed E-state index contributed by atoms with van der Waals surface area (Å²) in [5.41, 5.74) is 1.74. The third kappa shape index (κ3) is 3.70. The zero-order valence-electron chi connectivity index (χ0n) is 12.0. The lowest BCUT2D eigenvalue weighted by molar-refractivity contribution is -0.126. The molecule has 1 amide bonds. The van der Waals surface area contributed by atoms with Crippen molar-refractivity contribution in [1.82, 2.24) is 9.97 Å². The van der Waals surface area contributed by atoms with Gasteiger partial charge in [-0.25, -0.2) is 4.98 Å². The number of H-pyrrole nitrogens is 1. The highest BCUT2D eigenvalue weighted by molar-refractivity contribution is 5.94. The van der Waals surface area contributed by atoms with E-state index in [0.717, 1.165) is 17.1 Å². The van der Waals surface area contributed by atoms with Crippen molar-refractivity contribution in [3.8, 4) is 11.4 Å². The highest BCUT2D eigenvalue weighted by Crippen LogP contribution is 2.29. The van der Waals surface area contributed by atoms with Crippen LogP contribution in [0.4, 0.5) is 5.69 Å². The smallest absolute Gasteiger partial charge is 0.253 e. The molecule has 0 saturated heterocycles. The highest BCUT2D eigenvalue weighted by atomic mass is 16.5. The lowest BCUT2D eigenvalue weighted by Gasteiger charge is -2.13. The van der Waals surface area contributed by atoms with Crippen LogP contribution in [0.1, 0.15) is 19.8 Å². The van der Waals surface area contributed by atoms with Gasteiger partial charge in [0.25, 0.3) is 5.91 Å². The average molecular weight is 285 g/mol. The minimum absolute atomic E-state index is 0.110. The van der Waals surface area contributed by atoms with E-state index < -0.39 is 6.10 Å². The fourth-order valence-corrected chi connectivity index (χ4v) is 2.02. The number of hydrogen-bond acceptors (Lipinski definition) is 3. The number of nitrogens with zero attached hydrogens (tertiary/aromatic N) is 1. The summed E-state index contributed by atoms with van der Waals surface area (Å²) < 4.78 is 5.56. The Hall–Kier alpha value is -2.14. The van der Waals surface area contributed by atoms with Crippen LogP contribution in [0.3, 0.4) is 0 Å². The zero-order valence-corrected chi connectivity index (χ0v) is 12.0. The summed E-state index contributed by atoms with van der Waals surface area (Å²) in [5.74, 6) is 1.36. The van der Waals surface area contributed by atoms with Crippen LogP contribution in [0, 0.1) is 5.92 Å². The maximum atomic E-state index is 12.0. The van der Waals surface area contributed by atoms with Gasteiger partial charge in [-0.15, -0.1) is 0 Å². The largest absolute Gasteiger partial charge is 0.368 e. The number of imidazole rings is 1. The van der Waals surface area contributed by atoms with Crippen LogP contribution < -0.4 is 5.32 Å². The van der Waals surface area contributed by atoms with Gasteiger partial charge in [0.1, 0.15) is 11.9 Å². The van der Waals surface area contributed by atoms with Gasteiger partial charge >= 0.3 is 0 Å². The Kier molecular flexibility index (Phi) is 4.01.